The molecule has 2 fully saturated rings. The SMILES string of the molecule is COC(=O)[C@@H]1c2ccoc2C[C@H]2[C@H]1[C@@H](OC(C)=O)[C@H](O)[C@@H]1[C@]2(C)CCC[C@@]1(C)C(=O)OC. The molecule has 0 aliphatic heterocycles. The molecule has 0 radical (unpaired) electrons. The van der Waals surface area contributed by atoms with Crippen LogP contribution in [0.15, 0.2) is 16.7 Å². The summed E-state index contributed by atoms with van der Waals surface area (Å²) in [5, 5.41) is 11.7. The average Bonchev–Trinajstić information content (AvgIpc) is 3.22. The van der Waals surface area contributed by atoms with Gasteiger partial charge in [0.25, 0.3) is 0 Å². The van der Waals surface area contributed by atoms with Gasteiger partial charge in [0, 0.05) is 30.7 Å². The summed E-state index contributed by atoms with van der Waals surface area (Å²) in [5.74, 6) is -2.63. The highest BCUT2D eigenvalue weighted by Crippen LogP contribution is 2.65. The lowest BCUT2D eigenvalue weighted by molar-refractivity contribution is -0.235. The fourth-order valence-electron chi connectivity index (χ4n) is 7.35. The van der Waals surface area contributed by atoms with Crippen molar-refractivity contribution < 1.29 is 38.1 Å². The number of methoxy groups -OCH3 is 2. The van der Waals surface area contributed by atoms with E-state index in [1.54, 1.807) is 12.3 Å². The summed E-state index contributed by atoms with van der Waals surface area (Å²) in [5.41, 5.74) is -0.760. The number of ether oxygens (including phenoxy) is 3. The molecule has 4 rings (SSSR count). The van der Waals surface area contributed by atoms with Crippen molar-refractivity contribution in [1.29, 1.82) is 0 Å². The molecule has 1 heterocycles. The van der Waals surface area contributed by atoms with Gasteiger partial charge in [0.15, 0.2) is 0 Å². The lowest BCUT2D eigenvalue weighted by Gasteiger charge is -2.63. The number of furan rings is 1. The average molecular weight is 449 g/mol. The predicted molar refractivity (Wildman–Crippen MR) is 111 cm³/mol. The number of aliphatic hydroxyl groups excluding tert-OH is 1. The highest BCUT2D eigenvalue weighted by Gasteiger charge is 2.68. The van der Waals surface area contributed by atoms with Crippen LogP contribution in [0.2, 0.25) is 0 Å². The van der Waals surface area contributed by atoms with Crippen molar-refractivity contribution in [3.8, 4) is 0 Å². The molecule has 32 heavy (non-hydrogen) atoms. The first kappa shape index (κ1) is 22.8. The second-order valence-electron chi connectivity index (χ2n) is 10.00. The van der Waals surface area contributed by atoms with Crippen LogP contribution in [0, 0.1) is 28.6 Å². The van der Waals surface area contributed by atoms with E-state index in [1.165, 1.54) is 21.1 Å². The Labute approximate surface area is 187 Å². The number of rotatable bonds is 3. The Morgan fingerprint density at radius 3 is 2.50 bits per heavy atom. The van der Waals surface area contributed by atoms with E-state index in [9.17, 15) is 19.5 Å². The first-order valence-electron chi connectivity index (χ1n) is 11.2. The van der Waals surface area contributed by atoms with E-state index in [2.05, 4.69) is 6.92 Å². The van der Waals surface area contributed by atoms with Crippen molar-refractivity contribution in [3.63, 3.8) is 0 Å². The van der Waals surface area contributed by atoms with E-state index in [1.807, 2.05) is 6.92 Å². The molecule has 8 heteroatoms. The monoisotopic (exact) mass is 448 g/mol. The zero-order valence-corrected chi connectivity index (χ0v) is 19.3. The van der Waals surface area contributed by atoms with Crippen LogP contribution in [-0.2, 0) is 35.0 Å². The van der Waals surface area contributed by atoms with E-state index in [4.69, 9.17) is 18.6 Å². The molecule has 0 bridgehead atoms. The van der Waals surface area contributed by atoms with Crippen molar-refractivity contribution in [2.24, 2.45) is 28.6 Å². The maximum Gasteiger partial charge on any atom is 0.313 e. The van der Waals surface area contributed by atoms with Gasteiger partial charge in [-0.05, 0) is 37.2 Å². The number of carbonyl (C=O) groups excluding carboxylic acids is 3. The minimum atomic E-state index is -1.14. The van der Waals surface area contributed by atoms with Gasteiger partial charge < -0.3 is 23.7 Å². The summed E-state index contributed by atoms with van der Waals surface area (Å²) in [6.45, 7) is 5.19. The van der Waals surface area contributed by atoms with Gasteiger partial charge in [0.2, 0.25) is 0 Å². The molecule has 8 atom stereocenters. The molecule has 2 saturated carbocycles. The fraction of sp³-hybridized carbons (Fsp3) is 0.708. The Morgan fingerprint density at radius 1 is 1.16 bits per heavy atom. The van der Waals surface area contributed by atoms with Crippen molar-refractivity contribution in [3.05, 3.63) is 23.7 Å². The van der Waals surface area contributed by atoms with Gasteiger partial charge in [-0.15, -0.1) is 0 Å². The minimum absolute atomic E-state index is 0.174. The Hall–Kier alpha value is -2.35. The van der Waals surface area contributed by atoms with Crippen LogP contribution < -0.4 is 0 Å². The van der Waals surface area contributed by atoms with E-state index in [0.717, 1.165) is 12.8 Å². The Bertz CT molecular complexity index is 921. The van der Waals surface area contributed by atoms with Gasteiger partial charge in [-0.3, -0.25) is 14.4 Å². The molecule has 0 saturated heterocycles. The van der Waals surface area contributed by atoms with E-state index in [-0.39, 0.29) is 11.9 Å². The molecule has 0 unspecified atom stereocenters. The van der Waals surface area contributed by atoms with Crippen LogP contribution in [0.25, 0.3) is 0 Å². The third-order valence-electron chi connectivity index (χ3n) is 8.49. The molecule has 176 valence electrons. The van der Waals surface area contributed by atoms with Crippen LogP contribution >= 0.6 is 0 Å². The first-order valence-corrected chi connectivity index (χ1v) is 11.2. The summed E-state index contributed by atoms with van der Waals surface area (Å²) in [6, 6.07) is 1.75. The van der Waals surface area contributed by atoms with Crippen LogP contribution in [0.1, 0.15) is 57.3 Å². The zero-order valence-electron chi connectivity index (χ0n) is 19.3. The van der Waals surface area contributed by atoms with E-state index in [0.29, 0.717) is 24.2 Å². The Morgan fingerprint density at radius 2 is 1.88 bits per heavy atom. The van der Waals surface area contributed by atoms with Gasteiger partial charge in [0.05, 0.1) is 37.9 Å². The van der Waals surface area contributed by atoms with Gasteiger partial charge in [-0.1, -0.05) is 13.3 Å². The summed E-state index contributed by atoms with van der Waals surface area (Å²) in [6.07, 6.45) is 2.07. The summed E-state index contributed by atoms with van der Waals surface area (Å²) in [7, 11) is 2.68. The number of hydrogen-bond donors (Lipinski definition) is 1. The lowest BCUT2D eigenvalue weighted by Crippen LogP contribution is -2.67. The van der Waals surface area contributed by atoms with Gasteiger partial charge in [0.1, 0.15) is 11.9 Å². The molecular formula is C24H32O8. The third-order valence-corrected chi connectivity index (χ3v) is 8.49. The van der Waals surface area contributed by atoms with Crippen LogP contribution in [0.3, 0.4) is 0 Å². The number of hydrogen-bond acceptors (Lipinski definition) is 8. The van der Waals surface area contributed by atoms with Gasteiger partial charge in [-0.2, -0.15) is 0 Å². The number of esters is 3. The normalized spacial score (nSPS) is 40.3. The second kappa shape index (κ2) is 7.90. The lowest BCUT2D eigenvalue weighted by atomic mass is 9.42. The molecule has 1 aromatic heterocycles. The molecule has 1 aromatic rings. The third kappa shape index (κ3) is 3.10. The van der Waals surface area contributed by atoms with Gasteiger partial charge in [-0.25, -0.2) is 0 Å². The summed E-state index contributed by atoms with van der Waals surface area (Å²) in [4.78, 5) is 38.1. The first-order chi connectivity index (χ1) is 15.1. The van der Waals surface area contributed by atoms with Crippen molar-refractivity contribution in [2.45, 2.75) is 64.6 Å². The quantitative estimate of drug-likeness (QED) is 0.555. The van der Waals surface area contributed by atoms with Crippen LogP contribution in [0.4, 0.5) is 0 Å². The van der Waals surface area contributed by atoms with E-state index < -0.39 is 52.7 Å². The Balaban J connectivity index is 1.92. The number of fused-ring (bicyclic) bond motifs is 4. The van der Waals surface area contributed by atoms with Crippen LogP contribution in [0.5, 0.6) is 0 Å². The second-order valence-corrected chi connectivity index (χ2v) is 10.00. The van der Waals surface area contributed by atoms with Crippen LogP contribution in [-0.4, -0.2) is 49.4 Å². The highest BCUT2D eigenvalue weighted by molar-refractivity contribution is 5.80. The number of aliphatic hydroxyl groups is 1. The maximum absolute atomic E-state index is 13.0. The van der Waals surface area contributed by atoms with Crippen molar-refractivity contribution in [1.82, 2.24) is 0 Å². The summed E-state index contributed by atoms with van der Waals surface area (Å²) >= 11 is 0. The molecule has 0 spiro atoms. The smallest absolute Gasteiger partial charge is 0.313 e. The Kier molecular flexibility index (Phi) is 5.64. The fourth-order valence-corrected chi connectivity index (χ4v) is 7.35. The topological polar surface area (TPSA) is 112 Å². The predicted octanol–water partition coefficient (Wildman–Crippen LogP) is 2.62. The molecule has 0 aromatic carbocycles. The van der Waals surface area contributed by atoms with Crippen molar-refractivity contribution in [2.75, 3.05) is 14.2 Å². The summed E-state index contributed by atoms with van der Waals surface area (Å²) < 4.78 is 21.8. The molecule has 3 aliphatic rings. The molecule has 3 aliphatic carbocycles. The number of carbonyl (C=O) groups is 3. The molecule has 0 amide bonds. The zero-order chi connectivity index (χ0) is 23.4. The highest BCUT2D eigenvalue weighted by atomic mass is 16.6. The van der Waals surface area contributed by atoms with Gasteiger partial charge >= 0.3 is 17.9 Å². The van der Waals surface area contributed by atoms with E-state index >= 15 is 0 Å². The largest absolute Gasteiger partial charge is 0.469 e. The minimum Gasteiger partial charge on any atom is -0.469 e. The standard InChI is InChI=1S/C24H32O8/c1-12(25)32-19-17-14(11-15-13(7-10-31-15)16(17)21(27)29-4)23(2)8-6-9-24(3,22(28)30-5)20(23)18(19)26/h7,10,14,16-20,26H,6,8-9,11H2,1-5H3/t14-,16+,17+,18-,19+,20+,23+,24+/m0/s1. The maximum atomic E-state index is 13.0. The molecular weight excluding hydrogens is 416 g/mol. The molecule has 8 nitrogen and oxygen atoms in total. The van der Waals surface area contributed by atoms with Crippen molar-refractivity contribution >= 4 is 17.9 Å². The molecule has 1 N–H and O–H groups in total.